The van der Waals surface area contributed by atoms with Crippen LogP contribution in [0.25, 0.3) is 16.5 Å². The number of nitrogens with one attached hydrogen (secondary N) is 1. The molecule has 0 saturated carbocycles. The van der Waals surface area contributed by atoms with Crippen LogP contribution in [0.2, 0.25) is 5.02 Å². The first-order chi connectivity index (χ1) is 15.8. The molecule has 4 aromatic rings. The van der Waals surface area contributed by atoms with Gasteiger partial charge >= 0.3 is 5.97 Å². The lowest BCUT2D eigenvalue weighted by Crippen LogP contribution is -2.25. The van der Waals surface area contributed by atoms with E-state index in [2.05, 4.69) is 10.4 Å². The van der Waals surface area contributed by atoms with Crippen molar-refractivity contribution in [3.8, 4) is 5.69 Å². The van der Waals surface area contributed by atoms with Crippen molar-refractivity contribution in [3.63, 3.8) is 0 Å². The van der Waals surface area contributed by atoms with Crippen LogP contribution in [0.3, 0.4) is 0 Å². The smallest absolute Gasteiger partial charge is 0.359 e. The van der Waals surface area contributed by atoms with Gasteiger partial charge in [0, 0.05) is 10.8 Å². The summed E-state index contributed by atoms with van der Waals surface area (Å²) in [7, 11) is 0. The van der Waals surface area contributed by atoms with E-state index in [-0.39, 0.29) is 44.3 Å². The van der Waals surface area contributed by atoms with Gasteiger partial charge in [-0.2, -0.15) is 9.78 Å². The third-order valence-electron chi connectivity index (χ3n) is 4.58. The van der Waals surface area contributed by atoms with Crippen LogP contribution in [0.1, 0.15) is 27.8 Å². The third-order valence-corrected chi connectivity index (χ3v) is 5.78. The predicted octanol–water partition coefficient (Wildman–Crippen LogP) is 4.81. The van der Waals surface area contributed by atoms with Crippen LogP contribution in [-0.4, -0.2) is 28.3 Å². The molecule has 7 nitrogen and oxygen atoms in total. The quantitative estimate of drug-likeness (QED) is 0.406. The molecule has 0 spiro atoms. The van der Waals surface area contributed by atoms with Gasteiger partial charge in [-0.25, -0.2) is 13.6 Å². The minimum absolute atomic E-state index is 0.00950. The van der Waals surface area contributed by atoms with Gasteiger partial charge in [-0.1, -0.05) is 17.7 Å². The van der Waals surface area contributed by atoms with Crippen molar-refractivity contribution in [1.29, 1.82) is 0 Å². The summed E-state index contributed by atoms with van der Waals surface area (Å²) in [5.41, 5.74) is -0.792. The molecule has 0 atom stereocenters. The summed E-state index contributed by atoms with van der Waals surface area (Å²) in [6, 6.07) is 8.39. The second-order valence-electron chi connectivity index (χ2n) is 6.70. The first-order valence-electron chi connectivity index (χ1n) is 9.54. The van der Waals surface area contributed by atoms with E-state index in [0.29, 0.717) is 0 Å². The number of benzene rings is 2. The minimum atomic E-state index is -0.787. The van der Waals surface area contributed by atoms with Gasteiger partial charge in [0.15, 0.2) is 5.69 Å². The Kier molecular flexibility index (Phi) is 6.21. The van der Waals surface area contributed by atoms with Gasteiger partial charge in [0.25, 0.3) is 11.5 Å². The molecule has 0 bridgehead atoms. The van der Waals surface area contributed by atoms with Gasteiger partial charge < -0.3 is 10.1 Å². The number of ether oxygens (including phenoxy) is 1. The van der Waals surface area contributed by atoms with Crippen LogP contribution in [-0.2, 0) is 4.74 Å². The summed E-state index contributed by atoms with van der Waals surface area (Å²) >= 11 is 6.95. The zero-order chi connectivity index (χ0) is 23.7. The fourth-order valence-corrected chi connectivity index (χ4v) is 4.30. The van der Waals surface area contributed by atoms with Crippen molar-refractivity contribution < 1.29 is 23.1 Å². The average molecular weight is 490 g/mol. The van der Waals surface area contributed by atoms with Crippen molar-refractivity contribution in [2.45, 2.75) is 6.92 Å². The Morgan fingerprint density at radius 1 is 1.18 bits per heavy atom. The van der Waals surface area contributed by atoms with Crippen molar-refractivity contribution in [1.82, 2.24) is 9.78 Å². The van der Waals surface area contributed by atoms with Crippen LogP contribution >= 0.6 is 22.9 Å². The molecule has 1 amide bonds. The maximum absolute atomic E-state index is 13.8. The molecule has 11 heteroatoms. The van der Waals surface area contributed by atoms with E-state index in [4.69, 9.17) is 16.3 Å². The van der Waals surface area contributed by atoms with Gasteiger partial charge in [0.05, 0.1) is 28.3 Å². The number of rotatable bonds is 5. The Labute approximate surface area is 194 Å². The lowest BCUT2D eigenvalue weighted by molar-refractivity contribution is 0.0520. The molecule has 2 aromatic heterocycles. The van der Waals surface area contributed by atoms with E-state index in [1.165, 1.54) is 29.6 Å². The summed E-state index contributed by atoms with van der Waals surface area (Å²) in [6.07, 6.45) is 0. The minimum Gasteiger partial charge on any atom is -0.461 e. The van der Waals surface area contributed by atoms with E-state index in [0.717, 1.165) is 34.2 Å². The second-order valence-corrected chi connectivity index (χ2v) is 7.98. The van der Waals surface area contributed by atoms with E-state index >= 15 is 0 Å². The van der Waals surface area contributed by atoms with Gasteiger partial charge in [0.1, 0.15) is 16.6 Å². The van der Waals surface area contributed by atoms with Crippen molar-refractivity contribution in [2.75, 3.05) is 11.9 Å². The molecule has 2 aromatic carbocycles. The number of hydrogen-bond donors (Lipinski definition) is 1. The van der Waals surface area contributed by atoms with Crippen LogP contribution in [0, 0.1) is 11.6 Å². The zero-order valence-corrected chi connectivity index (χ0v) is 18.5. The molecule has 168 valence electrons. The second kappa shape index (κ2) is 9.08. The maximum Gasteiger partial charge on any atom is 0.359 e. The summed E-state index contributed by atoms with van der Waals surface area (Å²) in [6.45, 7) is 1.68. The highest BCUT2D eigenvalue weighted by Gasteiger charge is 2.24. The first kappa shape index (κ1) is 22.6. The fourth-order valence-electron chi connectivity index (χ4n) is 3.12. The average Bonchev–Trinajstić information content (AvgIpc) is 3.18. The number of fused-ring (bicyclic) bond motifs is 1. The highest BCUT2D eigenvalue weighted by Crippen LogP contribution is 2.31. The summed E-state index contributed by atoms with van der Waals surface area (Å²) < 4.78 is 33.0. The highest BCUT2D eigenvalue weighted by molar-refractivity contribution is 7.16. The molecule has 0 saturated heterocycles. The third kappa shape index (κ3) is 4.35. The van der Waals surface area contributed by atoms with Crippen LogP contribution in [0.15, 0.2) is 52.6 Å². The lowest BCUT2D eigenvalue weighted by atomic mass is 10.2. The fraction of sp³-hybridized carbons (Fsp3) is 0.0909. The van der Waals surface area contributed by atoms with Gasteiger partial charge in [-0.05, 0) is 43.3 Å². The molecule has 0 aliphatic carbocycles. The number of thiophene rings is 1. The molecule has 0 unspecified atom stereocenters. The number of halogens is 3. The number of carbonyl (C=O) groups is 2. The summed E-state index contributed by atoms with van der Waals surface area (Å²) in [4.78, 5) is 38.6. The molecular formula is C22H14ClF2N3O4S. The van der Waals surface area contributed by atoms with E-state index in [9.17, 15) is 23.2 Å². The molecule has 1 N–H and O–H groups in total. The van der Waals surface area contributed by atoms with Gasteiger partial charge in [0.2, 0.25) is 0 Å². The first-order valence-corrected chi connectivity index (χ1v) is 10.8. The van der Waals surface area contributed by atoms with Crippen molar-refractivity contribution in [2.24, 2.45) is 0 Å². The maximum atomic E-state index is 13.8. The van der Waals surface area contributed by atoms with E-state index < -0.39 is 29.1 Å². The standard InChI is InChI=1S/C22H14ClF2N3O4S/c1-2-32-22(31)18-15-10-33-20(26-19(29)14-7-6-12(25)9-16(14)23)17(15)21(30)28(27-18)13-5-3-4-11(24)8-13/h3-10H,2H2,1H3,(H,26,29). The van der Waals surface area contributed by atoms with E-state index in [1.54, 1.807) is 6.92 Å². The molecule has 2 heterocycles. The lowest BCUT2D eigenvalue weighted by Gasteiger charge is -2.10. The van der Waals surface area contributed by atoms with Crippen LogP contribution < -0.4 is 10.9 Å². The molecule has 33 heavy (non-hydrogen) atoms. The Balaban J connectivity index is 1.89. The van der Waals surface area contributed by atoms with Crippen LogP contribution in [0.4, 0.5) is 13.8 Å². The van der Waals surface area contributed by atoms with E-state index in [1.807, 2.05) is 0 Å². The van der Waals surface area contributed by atoms with Gasteiger partial charge in [-0.3, -0.25) is 9.59 Å². The highest BCUT2D eigenvalue weighted by atomic mass is 35.5. The number of carbonyl (C=O) groups excluding carboxylic acids is 2. The monoisotopic (exact) mass is 489 g/mol. The SMILES string of the molecule is CCOC(=O)c1nn(-c2cccc(F)c2)c(=O)c2c(NC(=O)c3ccc(F)cc3Cl)scc12. The topological polar surface area (TPSA) is 90.3 Å². The Morgan fingerprint density at radius 2 is 1.94 bits per heavy atom. The molecule has 4 rings (SSSR count). The number of esters is 1. The number of anilines is 1. The number of hydrogen-bond acceptors (Lipinski definition) is 6. The number of nitrogens with zero attached hydrogens (tertiary/aromatic N) is 2. The molecule has 0 aliphatic rings. The Hall–Kier alpha value is -3.63. The molecular weight excluding hydrogens is 476 g/mol. The number of amides is 1. The molecule has 0 radical (unpaired) electrons. The Bertz CT molecular complexity index is 1470. The predicted molar refractivity (Wildman–Crippen MR) is 120 cm³/mol. The molecule has 0 aliphatic heterocycles. The summed E-state index contributed by atoms with van der Waals surface area (Å²) in [5, 5.41) is 8.30. The van der Waals surface area contributed by atoms with Crippen LogP contribution in [0.5, 0.6) is 0 Å². The Morgan fingerprint density at radius 3 is 2.64 bits per heavy atom. The van der Waals surface area contributed by atoms with Crippen molar-refractivity contribution >= 4 is 50.6 Å². The van der Waals surface area contributed by atoms with Gasteiger partial charge in [-0.15, -0.1) is 11.3 Å². The largest absolute Gasteiger partial charge is 0.461 e. The normalized spacial score (nSPS) is 10.9. The molecule has 0 fully saturated rings. The number of aromatic nitrogens is 2. The summed E-state index contributed by atoms with van der Waals surface area (Å²) in [5.74, 6) is -2.69. The van der Waals surface area contributed by atoms with Crippen molar-refractivity contribution in [3.05, 3.63) is 86.1 Å². The zero-order valence-electron chi connectivity index (χ0n) is 16.9.